The van der Waals surface area contributed by atoms with E-state index in [1.807, 2.05) is 74.5 Å². The quantitative estimate of drug-likeness (QED) is 0.0738. The van der Waals surface area contributed by atoms with Crippen LogP contribution in [0.5, 0.6) is 0 Å². The molecule has 3 N–H and O–H groups in total. The molecule has 0 aromatic heterocycles. The third-order valence-electron chi connectivity index (χ3n) is 10.9. The third kappa shape index (κ3) is 7.11. The lowest BCUT2D eigenvalue weighted by Gasteiger charge is -2.26. The van der Waals surface area contributed by atoms with Crippen molar-refractivity contribution in [3.05, 3.63) is 149 Å². The molecule has 2 aliphatic heterocycles. The van der Waals surface area contributed by atoms with Gasteiger partial charge in [0.2, 0.25) is 11.6 Å². The summed E-state index contributed by atoms with van der Waals surface area (Å²) in [7, 11) is -2.35. The molecule has 5 aromatic rings. The van der Waals surface area contributed by atoms with Gasteiger partial charge in [-0.25, -0.2) is 4.79 Å². The lowest BCUT2D eigenvalue weighted by atomic mass is 9.79. The van der Waals surface area contributed by atoms with Gasteiger partial charge in [0.05, 0.1) is 11.0 Å². The number of allylic oxidation sites excluding steroid dienone is 6. The largest absolute Gasteiger partial charge is 0.478 e. The highest BCUT2D eigenvalue weighted by Crippen LogP contribution is 2.51. The number of carbonyl (C=O) groups excluding carboxylic acids is 1. The van der Waals surface area contributed by atoms with Crippen LogP contribution in [0, 0.1) is 0 Å². The van der Waals surface area contributed by atoms with Gasteiger partial charge in [-0.05, 0) is 95.4 Å². The first-order valence-electron chi connectivity index (χ1n) is 18.2. The number of amides is 1. The lowest BCUT2D eigenvalue weighted by molar-refractivity contribution is -0.401. The normalized spacial score (nSPS) is 17.0. The number of nitrogens with one attached hydrogen (secondary N) is 1. The van der Waals surface area contributed by atoms with Gasteiger partial charge >= 0.3 is 5.97 Å². The summed E-state index contributed by atoms with van der Waals surface area (Å²) in [6, 6.07) is 30.5. The number of nitrogens with zero attached hydrogens (tertiary/aromatic N) is 2. The van der Waals surface area contributed by atoms with Crippen molar-refractivity contribution in [2.24, 2.45) is 0 Å². The summed E-state index contributed by atoms with van der Waals surface area (Å²) in [6.45, 7) is 8.53. The Bertz CT molecular complexity index is 2630. The summed E-state index contributed by atoms with van der Waals surface area (Å²) in [5, 5.41) is 16.5. The minimum atomic E-state index is -4.41. The summed E-state index contributed by atoms with van der Waals surface area (Å²) < 4.78 is 37.2. The van der Waals surface area contributed by atoms with Gasteiger partial charge in [-0.2, -0.15) is 13.0 Å². The fourth-order valence-electron chi connectivity index (χ4n) is 8.30. The Morgan fingerprint density at radius 1 is 0.800 bits per heavy atom. The van der Waals surface area contributed by atoms with Gasteiger partial charge in [0.25, 0.3) is 10.1 Å². The molecule has 0 unspecified atom stereocenters. The number of rotatable bonds is 10. The molecular formula is C45H44N3O6S+. The maximum absolute atomic E-state index is 13.3. The molecule has 55 heavy (non-hydrogen) atoms. The van der Waals surface area contributed by atoms with E-state index in [4.69, 9.17) is 0 Å². The second-order valence-corrected chi connectivity index (χ2v) is 16.7. The molecule has 0 fully saturated rings. The van der Waals surface area contributed by atoms with Crippen molar-refractivity contribution < 1.29 is 32.2 Å². The smallest absolute Gasteiger partial charge is 0.335 e. The predicted molar refractivity (Wildman–Crippen MR) is 220 cm³/mol. The molecule has 0 spiro atoms. The van der Waals surface area contributed by atoms with Gasteiger partial charge in [0, 0.05) is 46.6 Å². The van der Waals surface area contributed by atoms with Crippen LogP contribution >= 0.6 is 0 Å². The first kappa shape index (κ1) is 37.5. The Hall–Kier alpha value is -5.84. The molecule has 0 saturated carbocycles. The number of carboxylic acid groups (broad SMARTS) is 1. The molecule has 0 radical (unpaired) electrons. The van der Waals surface area contributed by atoms with Crippen molar-refractivity contribution in [1.29, 1.82) is 0 Å². The van der Waals surface area contributed by atoms with Crippen molar-refractivity contribution in [1.82, 2.24) is 0 Å². The van der Waals surface area contributed by atoms with Crippen LogP contribution < -0.4 is 10.2 Å². The van der Waals surface area contributed by atoms with Crippen LogP contribution in [0.25, 0.3) is 21.5 Å². The fraction of sp³-hybridized carbons (Fsp3) is 0.222. The van der Waals surface area contributed by atoms with E-state index in [2.05, 4.69) is 67.2 Å². The summed E-state index contributed by atoms with van der Waals surface area (Å²) in [5.41, 5.74) is 6.27. The van der Waals surface area contributed by atoms with Crippen LogP contribution in [0.3, 0.4) is 0 Å². The van der Waals surface area contributed by atoms with Crippen molar-refractivity contribution in [2.75, 3.05) is 23.1 Å². The summed E-state index contributed by atoms with van der Waals surface area (Å²) in [4.78, 5) is 26.2. The molecular weight excluding hydrogens is 711 g/mol. The molecule has 0 atom stereocenters. The van der Waals surface area contributed by atoms with E-state index in [1.54, 1.807) is 17.0 Å². The molecule has 5 aromatic carbocycles. The highest BCUT2D eigenvalue weighted by Gasteiger charge is 2.45. The Balaban J connectivity index is 1.28. The average molecular weight is 755 g/mol. The SMILES string of the molecule is C[N+]1=C(C=CC(=CC=C2N(CS(=O)(=O)O)c3ccc4ccccc4c3C2(C)C)CCC(=O)Nc2ccc(C(=O)O)cc2)C(C)(C)c2c1ccc1ccccc21. The molecule has 2 heterocycles. The zero-order valence-corrected chi connectivity index (χ0v) is 32.3. The molecule has 10 heteroatoms. The highest BCUT2D eigenvalue weighted by molar-refractivity contribution is 7.85. The van der Waals surface area contributed by atoms with Crippen LogP contribution in [0.1, 0.15) is 62.0 Å². The molecule has 280 valence electrons. The highest BCUT2D eigenvalue weighted by atomic mass is 32.2. The topological polar surface area (TPSA) is 127 Å². The summed E-state index contributed by atoms with van der Waals surface area (Å²) in [6.07, 6.45) is 8.42. The van der Waals surface area contributed by atoms with Gasteiger partial charge < -0.3 is 15.3 Å². The van der Waals surface area contributed by atoms with E-state index in [0.29, 0.717) is 23.5 Å². The number of fused-ring (bicyclic) bond motifs is 6. The standard InChI is InChI=1S/C45H43N3O6S/c1-44(2)38(47(5)36-23-19-30-10-6-8-12-34(30)41(36)44)25-14-29(16-27-40(49)46-33-21-17-32(18-22-33)43(50)51)15-26-39-45(3,4)42-35-13-9-7-11-31(35)20-24-37(42)48(39)28-55(52,53)54/h6-15,17-26H,16,27-28H2,1-5H3,(H2-,46,49,50,51,52,53,54)/p+1. The molecule has 2 aliphatic rings. The lowest BCUT2D eigenvalue weighted by Crippen LogP contribution is -2.30. The predicted octanol–water partition coefficient (Wildman–Crippen LogP) is 9.13. The van der Waals surface area contributed by atoms with E-state index in [-0.39, 0.29) is 23.3 Å². The van der Waals surface area contributed by atoms with E-state index in [9.17, 15) is 27.7 Å². The van der Waals surface area contributed by atoms with Crippen molar-refractivity contribution in [3.63, 3.8) is 0 Å². The van der Waals surface area contributed by atoms with E-state index >= 15 is 0 Å². The monoisotopic (exact) mass is 754 g/mol. The van der Waals surface area contributed by atoms with Gasteiger partial charge in [-0.1, -0.05) is 80.6 Å². The van der Waals surface area contributed by atoms with Crippen LogP contribution in [0.4, 0.5) is 17.1 Å². The number of hydrogen-bond acceptors (Lipinski definition) is 5. The Morgan fingerprint density at radius 2 is 1.42 bits per heavy atom. The van der Waals surface area contributed by atoms with E-state index in [0.717, 1.165) is 33.3 Å². The second-order valence-electron chi connectivity index (χ2n) is 15.3. The minimum absolute atomic E-state index is 0.127. The number of hydrogen-bond donors (Lipinski definition) is 3. The molecule has 9 nitrogen and oxygen atoms in total. The first-order chi connectivity index (χ1) is 26.1. The second kappa shape index (κ2) is 14.1. The maximum Gasteiger partial charge on any atom is 0.335 e. The zero-order chi connectivity index (χ0) is 39.3. The molecule has 7 rings (SSSR count). The number of carbonyl (C=O) groups is 2. The Morgan fingerprint density at radius 3 is 2.05 bits per heavy atom. The van der Waals surface area contributed by atoms with Gasteiger partial charge in [-0.3, -0.25) is 9.35 Å². The van der Waals surface area contributed by atoms with Crippen LogP contribution in [-0.2, 0) is 25.7 Å². The van der Waals surface area contributed by atoms with Crippen molar-refractivity contribution in [2.45, 2.75) is 51.4 Å². The van der Waals surface area contributed by atoms with Crippen LogP contribution in [-0.4, -0.2) is 53.2 Å². The van der Waals surface area contributed by atoms with Crippen molar-refractivity contribution >= 4 is 66.3 Å². The van der Waals surface area contributed by atoms with E-state index in [1.165, 1.54) is 28.5 Å². The van der Waals surface area contributed by atoms with Gasteiger partial charge in [-0.15, -0.1) is 0 Å². The van der Waals surface area contributed by atoms with Gasteiger partial charge in [0.15, 0.2) is 11.6 Å². The number of aromatic carboxylic acids is 1. The van der Waals surface area contributed by atoms with E-state index < -0.39 is 27.4 Å². The van der Waals surface area contributed by atoms with Crippen molar-refractivity contribution in [3.8, 4) is 0 Å². The third-order valence-corrected chi connectivity index (χ3v) is 11.5. The number of anilines is 2. The Kier molecular flexibility index (Phi) is 9.61. The summed E-state index contributed by atoms with van der Waals surface area (Å²) in [5.74, 6) is -1.90. The molecule has 0 bridgehead atoms. The fourth-order valence-corrected chi connectivity index (χ4v) is 8.91. The molecule has 1 amide bonds. The maximum atomic E-state index is 13.3. The zero-order valence-electron chi connectivity index (χ0n) is 31.5. The minimum Gasteiger partial charge on any atom is -0.478 e. The molecule has 0 saturated heterocycles. The van der Waals surface area contributed by atoms with Crippen LogP contribution in [0.15, 0.2) is 133 Å². The first-order valence-corrected chi connectivity index (χ1v) is 19.8. The Labute approximate surface area is 321 Å². The number of carboxylic acids is 1. The van der Waals surface area contributed by atoms with Crippen LogP contribution in [0.2, 0.25) is 0 Å². The average Bonchev–Trinajstić information content (AvgIpc) is 3.47. The summed E-state index contributed by atoms with van der Waals surface area (Å²) >= 11 is 0. The molecule has 0 aliphatic carbocycles. The van der Waals surface area contributed by atoms with Gasteiger partial charge in [0.1, 0.15) is 7.05 Å². The number of benzene rings is 5.